The molecule has 30 heavy (non-hydrogen) atoms. The third-order valence-corrected chi connectivity index (χ3v) is 5.32. The molecule has 0 aromatic carbocycles. The van der Waals surface area contributed by atoms with Crippen molar-refractivity contribution in [2.45, 2.75) is 25.8 Å². The highest BCUT2D eigenvalue weighted by Crippen LogP contribution is 2.25. The molecular formula is C18H20N6O5S. The van der Waals surface area contributed by atoms with E-state index in [0.717, 1.165) is 29.9 Å². The fourth-order valence-corrected chi connectivity index (χ4v) is 3.81. The van der Waals surface area contributed by atoms with Crippen molar-refractivity contribution in [3.05, 3.63) is 40.2 Å². The molecular weight excluding hydrogens is 412 g/mol. The van der Waals surface area contributed by atoms with E-state index in [0.29, 0.717) is 24.0 Å². The Balaban J connectivity index is 1.54. The number of hydrogen-bond acceptors (Lipinski definition) is 10. The number of carbonyl (C=O) groups excluding carboxylic acids is 1. The summed E-state index contributed by atoms with van der Waals surface area (Å²) < 4.78 is 17.3. The van der Waals surface area contributed by atoms with Crippen LogP contribution in [-0.4, -0.2) is 52.3 Å². The second-order valence-electron chi connectivity index (χ2n) is 6.63. The van der Waals surface area contributed by atoms with E-state index in [1.807, 2.05) is 13.0 Å². The van der Waals surface area contributed by atoms with Gasteiger partial charge >= 0.3 is 5.63 Å². The van der Waals surface area contributed by atoms with E-state index in [-0.39, 0.29) is 22.7 Å². The van der Waals surface area contributed by atoms with E-state index in [9.17, 15) is 9.59 Å². The van der Waals surface area contributed by atoms with Crippen molar-refractivity contribution >= 4 is 28.1 Å². The van der Waals surface area contributed by atoms with Crippen LogP contribution in [0.25, 0.3) is 5.13 Å². The number of anilines is 2. The molecule has 4 rings (SSSR count). The largest absolute Gasteiger partial charge is 0.488 e. The number of methoxy groups -OCH3 is 1. The van der Waals surface area contributed by atoms with Crippen molar-refractivity contribution in [2.24, 2.45) is 0 Å². The standard InChI is InChI=1S/C18H20N6O5S/c1-10-5-6-19-24(10)18-23-22-17(30-18)21-15(25)13-8-12(14(27-2)16(26)29-13)20-11-4-3-7-28-9-11/h5-6,8,11,20H,3-4,7,9H2,1-2H3,(H,21,22,25)/t11-/m0/s1. The Morgan fingerprint density at radius 1 is 1.40 bits per heavy atom. The Morgan fingerprint density at radius 2 is 2.27 bits per heavy atom. The van der Waals surface area contributed by atoms with Crippen LogP contribution < -0.4 is 21.0 Å². The normalized spacial score (nSPS) is 16.3. The summed E-state index contributed by atoms with van der Waals surface area (Å²) in [7, 11) is 1.37. The van der Waals surface area contributed by atoms with Crippen molar-refractivity contribution in [1.82, 2.24) is 20.0 Å². The number of amides is 1. The molecule has 3 aromatic rings. The molecule has 11 nitrogen and oxygen atoms in total. The summed E-state index contributed by atoms with van der Waals surface area (Å²) >= 11 is 1.14. The Labute approximate surface area is 175 Å². The van der Waals surface area contributed by atoms with E-state index in [2.05, 4.69) is 25.9 Å². The maximum Gasteiger partial charge on any atom is 0.381 e. The average molecular weight is 432 g/mol. The number of hydrogen-bond donors (Lipinski definition) is 2. The van der Waals surface area contributed by atoms with Gasteiger partial charge < -0.3 is 19.2 Å². The van der Waals surface area contributed by atoms with Crippen LogP contribution in [0, 0.1) is 6.92 Å². The van der Waals surface area contributed by atoms with E-state index in [4.69, 9.17) is 13.9 Å². The Bertz CT molecular complexity index is 1100. The monoisotopic (exact) mass is 432 g/mol. The van der Waals surface area contributed by atoms with Gasteiger partial charge in [0.25, 0.3) is 5.91 Å². The number of aromatic nitrogens is 4. The molecule has 0 bridgehead atoms. The van der Waals surface area contributed by atoms with Crippen LogP contribution in [0.15, 0.2) is 27.5 Å². The summed E-state index contributed by atoms with van der Waals surface area (Å²) in [5.41, 5.74) is 0.501. The van der Waals surface area contributed by atoms with E-state index < -0.39 is 11.5 Å². The molecule has 1 atom stereocenters. The van der Waals surface area contributed by atoms with Gasteiger partial charge in [0.1, 0.15) is 0 Å². The highest BCUT2D eigenvalue weighted by molar-refractivity contribution is 7.17. The van der Waals surface area contributed by atoms with Crippen molar-refractivity contribution < 1.29 is 18.7 Å². The summed E-state index contributed by atoms with van der Waals surface area (Å²) in [6, 6.07) is 3.27. The van der Waals surface area contributed by atoms with Gasteiger partial charge in [0, 0.05) is 30.6 Å². The molecule has 2 N–H and O–H groups in total. The van der Waals surface area contributed by atoms with Gasteiger partial charge in [0.15, 0.2) is 5.76 Å². The van der Waals surface area contributed by atoms with Gasteiger partial charge in [0.2, 0.25) is 16.0 Å². The van der Waals surface area contributed by atoms with Gasteiger partial charge in [-0.25, -0.2) is 9.48 Å². The summed E-state index contributed by atoms with van der Waals surface area (Å²) in [5.74, 6) is -0.797. The first-order valence-corrected chi connectivity index (χ1v) is 10.1. The van der Waals surface area contributed by atoms with Crippen LogP contribution in [-0.2, 0) is 4.74 Å². The minimum Gasteiger partial charge on any atom is -0.488 e. The molecule has 3 aromatic heterocycles. The molecule has 0 aliphatic carbocycles. The van der Waals surface area contributed by atoms with Crippen molar-refractivity contribution in [3.63, 3.8) is 0 Å². The lowest BCUT2D eigenvalue weighted by Crippen LogP contribution is -2.31. The van der Waals surface area contributed by atoms with Gasteiger partial charge in [-0.05, 0) is 25.8 Å². The number of rotatable bonds is 6. The van der Waals surface area contributed by atoms with Crippen LogP contribution >= 0.6 is 11.3 Å². The Hall–Kier alpha value is -3.25. The van der Waals surface area contributed by atoms with E-state index >= 15 is 0 Å². The first-order valence-electron chi connectivity index (χ1n) is 9.27. The minimum atomic E-state index is -0.755. The van der Waals surface area contributed by atoms with Crippen molar-refractivity contribution in [3.8, 4) is 10.9 Å². The second-order valence-corrected chi connectivity index (χ2v) is 7.59. The van der Waals surface area contributed by atoms with Crippen LogP contribution in [0.2, 0.25) is 0 Å². The number of nitrogens with zero attached hydrogens (tertiary/aromatic N) is 4. The molecule has 1 fully saturated rings. The molecule has 0 unspecified atom stereocenters. The smallest absolute Gasteiger partial charge is 0.381 e. The summed E-state index contributed by atoms with van der Waals surface area (Å²) in [6.07, 6.45) is 3.43. The summed E-state index contributed by atoms with van der Waals surface area (Å²) in [6.45, 7) is 3.09. The van der Waals surface area contributed by atoms with Gasteiger partial charge in [-0.3, -0.25) is 10.1 Å². The lowest BCUT2D eigenvalue weighted by atomic mass is 10.1. The Kier molecular flexibility index (Phi) is 5.77. The molecule has 158 valence electrons. The van der Waals surface area contributed by atoms with Crippen molar-refractivity contribution in [2.75, 3.05) is 31.0 Å². The third kappa shape index (κ3) is 4.19. The third-order valence-electron chi connectivity index (χ3n) is 4.50. The average Bonchev–Trinajstić information content (AvgIpc) is 3.37. The lowest BCUT2D eigenvalue weighted by Gasteiger charge is -2.24. The lowest BCUT2D eigenvalue weighted by molar-refractivity contribution is 0.0875. The molecule has 1 aliphatic rings. The quantitative estimate of drug-likeness (QED) is 0.598. The summed E-state index contributed by atoms with van der Waals surface area (Å²) in [4.78, 5) is 25.0. The fraction of sp³-hybridized carbons (Fsp3) is 0.389. The molecule has 0 radical (unpaired) electrons. The highest BCUT2D eigenvalue weighted by atomic mass is 32.1. The molecule has 0 saturated carbocycles. The molecule has 0 spiro atoms. The van der Waals surface area contributed by atoms with Crippen LogP contribution in [0.3, 0.4) is 0 Å². The summed E-state index contributed by atoms with van der Waals surface area (Å²) in [5, 5.41) is 18.7. The SMILES string of the molecule is COc1c(N[C@H]2CCCOC2)cc(C(=O)Nc2nnc(-n3nccc3C)s2)oc1=O. The molecule has 1 saturated heterocycles. The van der Waals surface area contributed by atoms with Gasteiger partial charge in [0.05, 0.1) is 19.4 Å². The zero-order valence-corrected chi connectivity index (χ0v) is 17.2. The van der Waals surface area contributed by atoms with Gasteiger partial charge in [-0.1, -0.05) is 11.3 Å². The van der Waals surface area contributed by atoms with Crippen LogP contribution in [0.1, 0.15) is 29.1 Å². The predicted octanol–water partition coefficient (Wildman–Crippen LogP) is 1.84. The predicted molar refractivity (Wildman–Crippen MR) is 109 cm³/mol. The molecule has 1 aliphatic heterocycles. The van der Waals surface area contributed by atoms with Crippen molar-refractivity contribution in [1.29, 1.82) is 0 Å². The number of aryl methyl sites for hydroxylation is 1. The molecule has 1 amide bonds. The molecule has 12 heteroatoms. The zero-order chi connectivity index (χ0) is 21.1. The van der Waals surface area contributed by atoms with Crippen LogP contribution in [0.4, 0.5) is 10.8 Å². The number of carbonyl (C=O) groups is 1. The number of nitrogens with one attached hydrogen (secondary N) is 2. The van der Waals surface area contributed by atoms with Gasteiger partial charge in [-0.15, -0.1) is 10.2 Å². The van der Waals surface area contributed by atoms with E-state index in [1.54, 1.807) is 10.9 Å². The van der Waals surface area contributed by atoms with Gasteiger partial charge in [-0.2, -0.15) is 5.10 Å². The van der Waals surface area contributed by atoms with Crippen LogP contribution in [0.5, 0.6) is 5.75 Å². The fourth-order valence-electron chi connectivity index (χ4n) is 3.05. The number of ether oxygens (including phenoxy) is 2. The minimum absolute atomic E-state index is 0.00415. The zero-order valence-electron chi connectivity index (χ0n) is 16.4. The first kappa shape index (κ1) is 20.0. The maximum absolute atomic E-state index is 12.7. The first-order chi connectivity index (χ1) is 14.5. The topological polar surface area (TPSA) is 133 Å². The van der Waals surface area contributed by atoms with E-state index in [1.165, 1.54) is 13.2 Å². The molecule has 4 heterocycles. The Morgan fingerprint density at radius 3 is 2.97 bits per heavy atom. The maximum atomic E-state index is 12.7. The highest BCUT2D eigenvalue weighted by Gasteiger charge is 2.22. The second kappa shape index (κ2) is 8.63.